The molecule has 0 aromatic carbocycles. The van der Waals surface area contributed by atoms with Crippen LogP contribution in [-0.4, -0.2) is 11.8 Å². The number of Topliss-reactive ketones (excluding diaryl/α,β-unsaturated/α-hetero) is 1. The van der Waals surface area contributed by atoms with Gasteiger partial charge < -0.3 is 9.53 Å². The molecule has 0 unspecified atom stereocenters. The van der Waals surface area contributed by atoms with Gasteiger partial charge in [-0.25, -0.2) is 0 Å². The van der Waals surface area contributed by atoms with E-state index in [9.17, 15) is 9.59 Å². The summed E-state index contributed by atoms with van der Waals surface area (Å²) < 4.78 is 4.73. The topological polar surface area (TPSA) is 43.4 Å². The van der Waals surface area contributed by atoms with E-state index < -0.39 is 0 Å². The van der Waals surface area contributed by atoms with Crippen molar-refractivity contribution in [2.24, 2.45) is 17.3 Å². The molecule has 84 valence electrons. The molecule has 2 atom stereocenters. The van der Waals surface area contributed by atoms with E-state index in [0.29, 0.717) is 18.3 Å². The molecule has 0 aromatic heterocycles. The van der Waals surface area contributed by atoms with Crippen molar-refractivity contribution in [3.05, 3.63) is 12.3 Å². The number of hydrogen-bond acceptors (Lipinski definition) is 3. The molecule has 3 heteroatoms. The van der Waals surface area contributed by atoms with Crippen LogP contribution in [0.25, 0.3) is 0 Å². The molecule has 0 bridgehead atoms. The summed E-state index contributed by atoms with van der Waals surface area (Å²) in [6.45, 7) is 7.24. The van der Waals surface area contributed by atoms with Crippen molar-refractivity contribution in [1.82, 2.24) is 0 Å². The van der Waals surface area contributed by atoms with Crippen LogP contribution in [0.4, 0.5) is 0 Å². The largest absolute Gasteiger partial charge is 0.435 e. The first-order chi connectivity index (χ1) is 6.85. The lowest BCUT2D eigenvalue weighted by Crippen LogP contribution is -1.96. The highest BCUT2D eigenvalue weighted by molar-refractivity contribution is 5.76. The van der Waals surface area contributed by atoms with Gasteiger partial charge in [0.2, 0.25) is 0 Å². The number of rotatable bonds is 4. The van der Waals surface area contributed by atoms with Crippen molar-refractivity contribution in [3.63, 3.8) is 0 Å². The molecule has 0 saturated heterocycles. The molecule has 0 heterocycles. The summed E-state index contributed by atoms with van der Waals surface area (Å²) >= 11 is 0. The van der Waals surface area contributed by atoms with E-state index in [0.717, 1.165) is 0 Å². The smallest absolute Gasteiger partial charge is 0.307 e. The molecule has 0 aliphatic heterocycles. The number of allylic oxidation sites excluding steroid dienone is 1. The lowest BCUT2D eigenvalue weighted by atomic mass is 10.1. The summed E-state index contributed by atoms with van der Waals surface area (Å²) in [6, 6.07) is 0. The van der Waals surface area contributed by atoms with Crippen LogP contribution in [0.15, 0.2) is 12.3 Å². The van der Waals surface area contributed by atoms with Crippen molar-refractivity contribution in [2.45, 2.75) is 34.1 Å². The van der Waals surface area contributed by atoms with E-state index >= 15 is 0 Å². The van der Waals surface area contributed by atoms with Crippen LogP contribution in [0.5, 0.6) is 0 Å². The van der Waals surface area contributed by atoms with E-state index in [2.05, 4.69) is 13.8 Å². The van der Waals surface area contributed by atoms with E-state index in [1.807, 2.05) is 6.08 Å². The first-order valence-corrected chi connectivity index (χ1v) is 5.19. The highest BCUT2D eigenvalue weighted by Crippen LogP contribution is 2.60. The molecular weight excluding hydrogens is 192 g/mol. The molecule has 0 radical (unpaired) electrons. The second kappa shape index (κ2) is 4.17. The van der Waals surface area contributed by atoms with Crippen molar-refractivity contribution < 1.29 is 14.3 Å². The van der Waals surface area contributed by atoms with Crippen molar-refractivity contribution in [2.75, 3.05) is 0 Å². The fourth-order valence-corrected chi connectivity index (χ4v) is 2.09. The summed E-state index contributed by atoms with van der Waals surface area (Å²) in [4.78, 5) is 21.5. The van der Waals surface area contributed by atoms with Gasteiger partial charge in [0.25, 0.3) is 0 Å². The Hall–Kier alpha value is -1.12. The number of hydrogen-bond donors (Lipinski definition) is 0. The second-order valence-corrected chi connectivity index (χ2v) is 4.80. The van der Waals surface area contributed by atoms with Crippen LogP contribution in [0.3, 0.4) is 0 Å². The molecule has 1 aliphatic carbocycles. The van der Waals surface area contributed by atoms with E-state index in [-0.39, 0.29) is 17.2 Å². The van der Waals surface area contributed by atoms with Gasteiger partial charge in [-0.2, -0.15) is 0 Å². The zero-order valence-electron chi connectivity index (χ0n) is 9.74. The average Bonchev–Trinajstić information content (AvgIpc) is 2.54. The third-order valence-electron chi connectivity index (χ3n) is 3.17. The SMILES string of the molecule is CC(=O)C[C@@H]1[C@H](/C=C\OC(C)=O)C1(C)C. The normalized spacial score (nSPS) is 27.7. The molecule has 0 N–H and O–H groups in total. The van der Waals surface area contributed by atoms with E-state index in [1.165, 1.54) is 13.2 Å². The van der Waals surface area contributed by atoms with E-state index in [4.69, 9.17) is 4.74 Å². The summed E-state index contributed by atoms with van der Waals surface area (Å²) in [5, 5.41) is 0. The maximum absolute atomic E-state index is 11.0. The van der Waals surface area contributed by atoms with Crippen LogP contribution in [0.1, 0.15) is 34.1 Å². The molecule has 1 saturated carbocycles. The highest BCUT2D eigenvalue weighted by Gasteiger charge is 2.56. The van der Waals surface area contributed by atoms with Crippen molar-refractivity contribution >= 4 is 11.8 Å². The minimum atomic E-state index is -0.312. The molecule has 1 rings (SSSR count). The number of carbonyl (C=O) groups excluding carboxylic acids is 2. The monoisotopic (exact) mass is 210 g/mol. The first kappa shape index (κ1) is 12.0. The fourth-order valence-electron chi connectivity index (χ4n) is 2.09. The number of esters is 1. The molecular formula is C12H18O3. The van der Waals surface area contributed by atoms with Gasteiger partial charge in [-0.1, -0.05) is 13.8 Å². The number of ether oxygens (including phenoxy) is 1. The van der Waals surface area contributed by atoms with Gasteiger partial charge in [0, 0.05) is 13.3 Å². The summed E-state index contributed by atoms with van der Waals surface area (Å²) in [7, 11) is 0. The Labute approximate surface area is 90.5 Å². The van der Waals surface area contributed by atoms with Gasteiger partial charge in [0.15, 0.2) is 0 Å². The Bertz CT molecular complexity index is 302. The lowest BCUT2D eigenvalue weighted by molar-refractivity contribution is -0.135. The van der Waals surface area contributed by atoms with Crippen LogP contribution in [-0.2, 0) is 14.3 Å². The maximum Gasteiger partial charge on any atom is 0.307 e. The maximum atomic E-state index is 11.0. The lowest BCUT2D eigenvalue weighted by Gasteiger charge is -1.98. The van der Waals surface area contributed by atoms with Gasteiger partial charge in [-0.3, -0.25) is 4.79 Å². The van der Waals surface area contributed by atoms with E-state index in [1.54, 1.807) is 6.92 Å². The number of carbonyl (C=O) groups is 2. The molecule has 0 aromatic rings. The molecule has 0 spiro atoms. The first-order valence-electron chi connectivity index (χ1n) is 5.19. The van der Waals surface area contributed by atoms with Crippen LogP contribution < -0.4 is 0 Å². The Balaban J connectivity index is 2.47. The van der Waals surface area contributed by atoms with Gasteiger partial charge in [0.05, 0.1) is 6.26 Å². The third-order valence-corrected chi connectivity index (χ3v) is 3.17. The van der Waals surface area contributed by atoms with Crippen molar-refractivity contribution in [1.29, 1.82) is 0 Å². The Morgan fingerprint density at radius 1 is 1.33 bits per heavy atom. The van der Waals surface area contributed by atoms with Crippen LogP contribution >= 0.6 is 0 Å². The minimum Gasteiger partial charge on any atom is -0.435 e. The number of ketones is 1. The predicted molar refractivity (Wildman–Crippen MR) is 57.0 cm³/mol. The third kappa shape index (κ3) is 2.91. The van der Waals surface area contributed by atoms with Gasteiger partial charge in [0.1, 0.15) is 5.78 Å². The molecule has 1 fully saturated rings. The standard InChI is InChI=1S/C12H18O3/c1-8(13)7-11-10(12(11,3)4)5-6-15-9(2)14/h5-6,10-11H,7H2,1-4H3/b6-5-/t10-,11+/m0/s1. The van der Waals surface area contributed by atoms with Crippen molar-refractivity contribution in [3.8, 4) is 0 Å². The van der Waals surface area contributed by atoms with Gasteiger partial charge in [-0.15, -0.1) is 0 Å². The highest BCUT2D eigenvalue weighted by atomic mass is 16.5. The van der Waals surface area contributed by atoms with Crippen LogP contribution in [0, 0.1) is 17.3 Å². The summed E-state index contributed by atoms with van der Waals surface area (Å²) in [6.07, 6.45) is 3.94. The Morgan fingerprint density at radius 2 is 1.93 bits per heavy atom. The predicted octanol–water partition coefficient (Wildman–Crippen LogP) is 2.31. The summed E-state index contributed by atoms with van der Waals surface area (Å²) in [5.41, 5.74) is 0.155. The molecule has 1 aliphatic rings. The second-order valence-electron chi connectivity index (χ2n) is 4.80. The Kier molecular flexibility index (Phi) is 3.32. The molecule has 0 amide bonds. The Morgan fingerprint density at radius 3 is 2.40 bits per heavy atom. The minimum absolute atomic E-state index is 0.155. The zero-order chi connectivity index (χ0) is 11.6. The van der Waals surface area contributed by atoms with Crippen LogP contribution in [0.2, 0.25) is 0 Å². The van der Waals surface area contributed by atoms with Gasteiger partial charge >= 0.3 is 5.97 Å². The quantitative estimate of drug-likeness (QED) is 0.528. The molecule has 15 heavy (non-hydrogen) atoms. The zero-order valence-corrected chi connectivity index (χ0v) is 9.74. The molecule has 3 nitrogen and oxygen atoms in total. The summed E-state index contributed by atoms with van der Waals surface area (Å²) in [5.74, 6) is 0.645. The van der Waals surface area contributed by atoms with Gasteiger partial charge in [-0.05, 0) is 30.3 Å². The average molecular weight is 210 g/mol. The fraction of sp³-hybridized carbons (Fsp3) is 0.667.